The van der Waals surface area contributed by atoms with Crippen molar-refractivity contribution in [1.82, 2.24) is 19.7 Å². The SMILES string of the molecule is O=C(Nc1ccc(Oc2ccccc2)cc1)C1CN(c2cc(-n3cccn3)ncn2)C1. The highest BCUT2D eigenvalue weighted by Gasteiger charge is 2.33. The Bertz CT molecular complexity index is 1160. The molecule has 0 aliphatic carbocycles. The Morgan fingerprint density at radius 2 is 1.68 bits per heavy atom. The molecule has 8 nitrogen and oxygen atoms in total. The van der Waals surface area contributed by atoms with Crippen molar-refractivity contribution in [2.24, 2.45) is 5.92 Å². The fraction of sp³-hybridized carbons (Fsp3) is 0.130. The van der Waals surface area contributed by atoms with Gasteiger partial charge in [0.1, 0.15) is 23.6 Å². The zero-order chi connectivity index (χ0) is 21.0. The number of anilines is 2. The van der Waals surface area contributed by atoms with Crippen LogP contribution in [0.15, 0.2) is 85.5 Å². The largest absolute Gasteiger partial charge is 0.457 e. The summed E-state index contributed by atoms with van der Waals surface area (Å²) < 4.78 is 7.46. The third-order valence-electron chi connectivity index (χ3n) is 5.05. The van der Waals surface area contributed by atoms with Crippen molar-refractivity contribution < 1.29 is 9.53 Å². The molecular formula is C23H20N6O2. The van der Waals surface area contributed by atoms with Gasteiger partial charge in [-0.25, -0.2) is 14.6 Å². The first kappa shape index (κ1) is 18.8. The van der Waals surface area contributed by atoms with Crippen molar-refractivity contribution in [2.75, 3.05) is 23.3 Å². The lowest BCUT2D eigenvalue weighted by Gasteiger charge is -2.39. The highest BCUT2D eigenvalue weighted by Crippen LogP contribution is 2.26. The van der Waals surface area contributed by atoms with Crippen molar-refractivity contribution in [2.45, 2.75) is 0 Å². The number of rotatable bonds is 6. The van der Waals surface area contributed by atoms with Gasteiger partial charge >= 0.3 is 0 Å². The molecule has 8 heteroatoms. The first-order chi connectivity index (χ1) is 15.2. The number of amides is 1. The van der Waals surface area contributed by atoms with E-state index >= 15 is 0 Å². The zero-order valence-electron chi connectivity index (χ0n) is 16.6. The van der Waals surface area contributed by atoms with Gasteiger partial charge in [0.05, 0.1) is 5.92 Å². The summed E-state index contributed by atoms with van der Waals surface area (Å²) in [5.74, 6) is 2.87. The molecule has 1 saturated heterocycles. The fourth-order valence-electron chi connectivity index (χ4n) is 3.35. The molecule has 1 aliphatic rings. The lowest BCUT2D eigenvalue weighted by molar-refractivity contribution is -0.120. The molecule has 3 heterocycles. The summed E-state index contributed by atoms with van der Waals surface area (Å²) in [5.41, 5.74) is 0.742. The topological polar surface area (TPSA) is 85.2 Å². The summed E-state index contributed by atoms with van der Waals surface area (Å²) in [6, 6.07) is 20.6. The fourth-order valence-corrected chi connectivity index (χ4v) is 3.35. The standard InChI is InChI=1S/C23H20N6O2/c30-23(27-18-7-9-20(10-8-18)31-19-5-2-1-3-6-19)17-14-28(15-17)21-13-22(25-16-24-21)29-12-4-11-26-29/h1-13,16-17H,14-15H2,(H,27,30). The Balaban J connectivity index is 1.15. The minimum Gasteiger partial charge on any atom is -0.457 e. The van der Waals surface area contributed by atoms with Gasteiger partial charge in [0.25, 0.3) is 0 Å². The molecule has 2 aromatic heterocycles. The van der Waals surface area contributed by atoms with Gasteiger partial charge in [-0.2, -0.15) is 5.10 Å². The zero-order valence-corrected chi connectivity index (χ0v) is 16.6. The van der Waals surface area contributed by atoms with Gasteiger partial charge in [-0.05, 0) is 42.5 Å². The molecule has 1 fully saturated rings. The van der Waals surface area contributed by atoms with E-state index in [9.17, 15) is 4.79 Å². The summed E-state index contributed by atoms with van der Waals surface area (Å²) >= 11 is 0. The van der Waals surface area contributed by atoms with E-state index in [1.165, 1.54) is 6.33 Å². The molecule has 0 saturated carbocycles. The number of hydrogen-bond donors (Lipinski definition) is 1. The van der Waals surface area contributed by atoms with E-state index in [4.69, 9.17) is 4.74 Å². The van der Waals surface area contributed by atoms with Crippen LogP contribution >= 0.6 is 0 Å². The number of benzene rings is 2. The molecule has 5 rings (SSSR count). The minimum absolute atomic E-state index is 0.00525. The third kappa shape index (κ3) is 4.23. The van der Waals surface area contributed by atoms with Crippen LogP contribution < -0.4 is 15.0 Å². The maximum atomic E-state index is 12.6. The number of ether oxygens (including phenoxy) is 1. The first-order valence-corrected chi connectivity index (χ1v) is 9.95. The average molecular weight is 412 g/mol. The molecule has 31 heavy (non-hydrogen) atoms. The van der Waals surface area contributed by atoms with Gasteiger partial charge in [0, 0.05) is 37.2 Å². The average Bonchev–Trinajstić information content (AvgIpc) is 3.30. The normalized spacial score (nSPS) is 13.5. The second-order valence-electron chi connectivity index (χ2n) is 7.22. The monoisotopic (exact) mass is 412 g/mol. The van der Waals surface area contributed by atoms with Crippen LogP contribution in [-0.4, -0.2) is 38.7 Å². The maximum Gasteiger partial charge on any atom is 0.231 e. The van der Waals surface area contributed by atoms with Gasteiger partial charge in [-0.3, -0.25) is 4.79 Å². The highest BCUT2D eigenvalue weighted by molar-refractivity contribution is 5.94. The van der Waals surface area contributed by atoms with E-state index in [-0.39, 0.29) is 11.8 Å². The van der Waals surface area contributed by atoms with E-state index < -0.39 is 0 Å². The van der Waals surface area contributed by atoms with Gasteiger partial charge < -0.3 is 15.0 Å². The number of aromatic nitrogens is 4. The number of hydrogen-bond acceptors (Lipinski definition) is 6. The number of nitrogens with zero attached hydrogens (tertiary/aromatic N) is 5. The highest BCUT2D eigenvalue weighted by atomic mass is 16.5. The van der Waals surface area contributed by atoms with Crippen LogP contribution in [0.3, 0.4) is 0 Å². The Morgan fingerprint density at radius 1 is 0.935 bits per heavy atom. The van der Waals surface area contributed by atoms with Crippen molar-refractivity contribution in [3.8, 4) is 17.3 Å². The van der Waals surface area contributed by atoms with E-state index in [0.717, 1.165) is 23.0 Å². The summed E-state index contributed by atoms with van der Waals surface area (Å²) in [6.07, 6.45) is 5.04. The molecule has 1 amide bonds. The van der Waals surface area contributed by atoms with E-state index in [0.29, 0.717) is 18.9 Å². The van der Waals surface area contributed by atoms with Crippen molar-refractivity contribution in [1.29, 1.82) is 0 Å². The Hall–Kier alpha value is -4.20. The van der Waals surface area contributed by atoms with Crippen LogP contribution in [0.5, 0.6) is 11.5 Å². The summed E-state index contributed by atoms with van der Waals surface area (Å²) in [6.45, 7) is 1.22. The maximum absolute atomic E-state index is 12.6. The molecule has 0 spiro atoms. The molecule has 0 radical (unpaired) electrons. The molecule has 0 bridgehead atoms. The molecule has 4 aromatic rings. The second-order valence-corrected chi connectivity index (χ2v) is 7.22. The molecular weight excluding hydrogens is 392 g/mol. The molecule has 154 valence electrons. The Labute approximate surface area is 179 Å². The smallest absolute Gasteiger partial charge is 0.231 e. The summed E-state index contributed by atoms with van der Waals surface area (Å²) in [7, 11) is 0. The van der Waals surface area contributed by atoms with Crippen LogP contribution in [0.4, 0.5) is 11.5 Å². The van der Waals surface area contributed by atoms with Crippen LogP contribution in [0.2, 0.25) is 0 Å². The Morgan fingerprint density at radius 3 is 2.42 bits per heavy atom. The van der Waals surface area contributed by atoms with Crippen LogP contribution in [0.1, 0.15) is 0 Å². The van der Waals surface area contributed by atoms with E-state index in [2.05, 4.69) is 25.3 Å². The summed E-state index contributed by atoms with van der Waals surface area (Å²) in [5, 5.41) is 7.16. The lowest BCUT2D eigenvalue weighted by atomic mass is 9.99. The van der Waals surface area contributed by atoms with Crippen LogP contribution in [0, 0.1) is 5.92 Å². The van der Waals surface area contributed by atoms with Crippen LogP contribution in [-0.2, 0) is 4.79 Å². The molecule has 1 N–H and O–H groups in total. The number of carbonyl (C=O) groups excluding carboxylic acids is 1. The molecule has 0 unspecified atom stereocenters. The predicted molar refractivity (Wildman–Crippen MR) is 116 cm³/mol. The second kappa shape index (κ2) is 8.27. The first-order valence-electron chi connectivity index (χ1n) is 9.95. The van der Waals surface area contributed by atoms with Gasteiger partial charge in [0.2, 0.25) is 5.91 Å². The third-order valence-corrected chi connectivity index (χ3v) is 5.05. The van der Waals surface area contributed by atoms with Gasteiger partial charge in [-0.15, -0.1) is 0 Å². The predicted octanol–water partition coefficient (Wildman–Crippen LogP) is 3.53. The molecule has 0 atom stereocenters. The quantitative estimate of drug-likeness (QED) is 0.522. The van der Waals surface area contributed by atoms with Crippen molar-refractivity contribution in [3.05, 3.63) is 85.5 Å². The number of carbonyl (C=O) groups is 1. The minimum atomic E-state index is -0.0941. The summed E-state index contributed by atoms with van der Waals surface area (Å²) in [4.78, 5) is 23.2. The lowest BCUT2D eigenvalue weighted by Crippen LogP contribution is -2.52. The number of nitrogens with one attached hydrogen (secondary N) is 1. The number of para-hydroxylation sites is 1. The van der Waals surface area contributed by atoms with Gasteiger partial charge in [-0.1, -0.05) is 18.2 Å². The van der Waals surface area contributed by atoms with Crippen molar-refractivity contribution in [3.63, 3.8) is 0 Å². The molecule has 1 aliphatic heterocycles. The van der Waals surface area contributed by atoms with E-state index in [1.807, 2.05) is 72.9 Å². The van der Waals surface area contributed by atoms with Crippen LogP contribution in [0.25, 0.3) is 5.82 Å². The molecule has 2 aromatic carbocycles. The van der Waals surface area contributed by atoms with E-state index in [1.54, 1.807) is 10.9 Å². The van der Waals surface area contributed by atoms with Crippen molar-refractivity contribution >= 4 is 17.4 Å². The van der Waals surface area contributed by atoms with Gasteiger partial charge in [0.15, 0.2) is 5.82 Å². The Kier molecular flexibility index (Phi) is 5.02.